The molecule has 0 aliphatic heterocycles. The van der Waals surface area contributed by atoms with E-state index in [2.05, 4.69) is 26.0 Å². The Labute approximate surface area is 69.1 Å². The second-order valence-electron chi connectivity index (χ2n) is 3.57. The van der Waals surface area contributed by atoms with Crippen LogP contribution in [0.2, 0.25) is 0 Å². The summed E-state index contributed by atoms with van der Waals surface area (Å²) in [5, 5.41) is 9.46. The lowest BCUT2D eigenvalue weighted by Gasteiger charge is -2.33. The lowest BCUT2D eigenvalue weighted by molar-refractivity contribution is 0.107. The first-order chi connectivity index (χ1) is 5.22. The van der Waals surface area contributed by atoms with Gasteiger partial charge in [-0.25, -0.2) is 0 Å². The maximum atomic E-state index is 9.46. The Balaban J connectivity index is 2.67. The van der Waals surface area contributed by atoms with Crippen LogP contribution in [0.15, 0.2) is 12.2 Å². The van der Waals surface area contributed by atoms with Crippen LogP contribution in [-0.4, -0.2) is 11.2 Å². The minimum absolute atomic E-state index is 0.0973. The average Bonchev–Trinajstić information content (AvgIpc) is 2.04. The van der Waals surface area contributed by atoms with Crippen LogP contribution in [0.25, 0.3) is 0 Å². The summed E-state index contributed by atoms with van der Waals surface area (Å²) in [6, 6.07) is 0. The van der Waals surface area contributed by atoms with E-state index >= 15 is 0 Å². The molecule has 0 aromatic rings. The van der Waals surface area contributed by atoms with Crippen LogP contribution in [0.1, 0.15) is 39.5 Å². The molecule has 0 amide bonds. The van der Waals surface area contributed by atoms with Crippen LogP contribution < -0.4 is 0 Å². The lowest BCUT2D eigenvalue weighted by atomic mass is 9.74. The summed E-state index contributed by atoms with van der Waals surface area (Å²) < 4.78 is 0. The Morgan fingerprint density at radius 3 is 2.45 bits per heavy atom. The maximum Gasteiger partial charge on any atom is 0.0582 e. The zero-order chi connectivity index (χ0) is 8.32. The van der Waals surface area contributed by atoms with E-state index in [4.69, 9.17) is 0 Å². The van der Waals surface area contributed by atoms with E-state index in [1.54, 1.807) is 0 Å². The molecule has 0 saturated carbocycles. The largest absolute Gasteiger partial charge is 0.393 e. The first kappa shape index (κ1) is 8.79. The quantitative estimate of drug-likeness (QED) is 0.606. The van der Waals surface area contributed by atoms with Crippen molar-refractivity contribution in [2.24, 2.45) is 5.41 Å². The third-order valence-electron chi connectivity index (χ3n) is 2.93. The van der Waals surface area contributed by atoms with Gasteiger partial charge in [-0.15, -0.1) is 0 Å². The van der Waals surface area contributed by atoms with Crippen molar-refractivity contribution < 1.29 is 5.11 Å². The molecule has 1 aliphatic rings. The van der Waals surface area contributed by atoms with Crippen LogP contribution >= 0.6 is 0 Å². The normalized spacial score (nSPS) is 28.8. The molecule has 0 fully saturated rings. The molecule has 0 aromatic carbocycles. The van der Waals surface area contributed by atoms with Crippen LogP contribution in [0.5, 0.6) is 0 Å². The molecule has 1 rings (SSSR count). The van der Waals surface area contributed by atoms with E-state index in [1.807, 2.05) is 0 Å². The van der Waals surface area contributed by atoms with E-state index in [1.165, 1.54) is 0 Å². The molecule has 0 saturated heterocycles. The molecule has 0 radical (unpaired) electrons. The van der Waals surface area contributed by atoms with E-state index < -0.39 is 0 Å². The zero-order valence-electron chi connectivity index (χ0n) is 7.51. The summed E-state index contributed by atoms with van der Waals surface area (Å²) >= 11 is 0. The summed E-state index contributed by atoms with van der Waals surface area (Å²) in [5.74, 6) is 0. The topological polar surface area (TPSA) is 20.2 Å². The Hall–Kier alpha value is -0.300. The molecule has 0 heterocycles. The third-order valence-corrected chi connectivity index (χ3v) is 2.93. The van der Waals surface area contributed by atoms with Gasteiger partial charge in [0.1, 0.15) is 0 Å². The standard InChI is InChI=1S/C10H18O/c1-3-10(4-2)7-5-6-9(11)8-10/h5,7,9,11H,3-4,6,8H2,1-2H3. The molecule has 1 heteroatoms. The fraction of sp³-hybridized carbons (Fsp3) is 0.800. The van der Waals surface area contributed by atoms with Gasteiger partial charge in [0.15, 0.2) is 0 Å². The van der Waals surface area contributed by atoms with Gasteiger partial charge in [0, 0.05) is 0 Å². The van der Waals surface area contributed by atoms with Gasteiger partial charge >= 0.3 is 0 Å². The molecule has 1 atom stereocenters. The van der Waals surface area contributed by atoms with Crippen molar-refractivity contribution in [3.05, 3.63) is 12.2 Å². The highest BCUT2D eigenvalue weighted by Crippen LogP contribution is 2.37. The van der Waals surface area contributed by atoms with E-state index in [0.29, 0.717) is 5.41 Å². The summed E-state index contributed by atoms with van der Waals surface area (Å²) in [6.45, 7) is 4.40. The zero-order valence-corrected chi connectivity index (χ0v) is 7.51. The Bertz CT molecular complexity index is 145. The maximum absolute atomic E-state index is 9.46. The molecule has 1 unspecified atom stereocenters. The highest BCUT2D eigenvalue weighted by atomic mass is 16.3. The summed E-state index contributed by atoms with van der Waals surface area (Å²) in [6.07, 6.45) is 8.42. The number of rotatable bonds is 2. The summed E-state index contributed by atoms with van der Waals surface area (Å²) in [7, 11) is 0. The second-order valence-corrected chi connectivity index (χ2v) is 3.57. The van der Waals surface area contributed by atoms with Crippen LogP contribution in [0.3, 0.4) is 0 Å². The van der Waals surface area contributed by atoms with Gasteiger partial charge in [-0.2, -0.15) is 0 Å². The Kier molecular flexibility index (Phi) is 2.72. The number of hydrogen-bond donors (Lipinski definition) is 1. The minimum atomic E-state index is -0.0973. The fourth-order valence-corrected chi connectivity index (χ4v) is 1.87. The average molecular weight is 154 g/mol. The number of hydrogen-bond acceptors (Lipinski definition) is 1. The Morgan fingerprint density at radius 2 is 2.09 bits per heavy atom. The minimum Gasteiger partial charge on any atom is -0.393 e. The molecule has 11 heavy (non-hydrogen) atoms. The van der Waals surface area contributed by atoms with Crippen LogP contribution in [-0.2, 0) is 0 Å². The Morgan fingerprint density at radius 1 is 1.45 bits per heavy atom. The van der Waals surface area contributed by atoms with Gasteiger partial charge in [0.25, 0.3) is 0 Å². The first-order valence-electron chi connectivity index (χ1n) is 4.58. The van der Waals surface area contributed by atoms with Crippen molar-refractivity contribution in [2.45, 2.75) is 45.6 Å². The van der Waals surface area contributed by atoms with Gasteiger partial charge in [0.2, 0.25) is 0 Å². The monoisotopic (exact) mass is 154 g/mol. The summed E-state index contributed by atoms with van der Waals surface area (Å²) in [5.41, 5.74) is 0.303. The highest BCUT2D eigenvalue weighted by Gasteiger charge is 2.28. The van der Waals surface area contributed by atoms with E-state index in [0.717, 1.165) is 25.7 Å². The first-order valence-corrected chi connectivity index (χ1v) is 4.58. The van der Waals surface area contributed by atoms with E-state index in [9.17, 15) is 5.11 Å². The number of aliphatic hydroxyl groups is 1. The van der Waals surface area contributed by atoms with Crippen molar-refractivity contribution in [3.63, 3.8) is 0 Å². The van der Waals surface area contributed by atoms with Crippen LogP contribution in [0.4, 0.5) is 0 Å². The molecule has 1 nitrogen and oxygen atoms in total. The van der Waals surface area contributed by atoms with Crippen molar-refractivity contribution >= 4 is 0 Å². The fourth-order valence-electron chi connectivity index (χ4n) is 1.87. The lowest BCUT2D eigenvalue weighted by Crippen LogP contribution is -2.26. The molecule has 64 valence electrons. The van der Waals surface area contributed by atoms with Crippen molar-refractivity contribution in [3.8, 4) is 0 Å². The molecular weight excluding hydrogens is 136 g/mol. The van der Waals surface area contributed by atoms with Crippen LogP contribution in [0, 0.1) is 5.41 Å². The highest BCUT2D eigenvalue weighted by molar-refractivity contribution is 5.04. The molecule has 1 aliphatic carbocycles. The third kappa shape index (κ3) is 1.84. The smallest absolute Gasteiger partial charge is 0.0582 e. The molecule has 0 spiro atoms. The summed E-state index contributed by atoms with van der Waals surface area (Å²) in [4.78, 5) is 0. The molecule has 0 bridgehead atoms. The van der Waals surface area contributed by atoms with Crippen molar-refractivity contribution in [1.82, 2.24) is 0 Å². The predicted molar refractivity (Wildman–Crippen MR) is 47.4 cm³/mol. The SMILES string of the molecule is CCC1(CC)C=CCC(O)C1. The number of aliphatic hydroxyl groups excluding tert-OH is 1. The van der Waals surface area contributed by atoms with Gasteiger partial charge in [-0.05, 0) is 31.1 Å². The van der Waals surface area contributed by atoms with E-state index in [-0.39, 0.29) is 6.10 Å². The number of allylic oxidation sites excluding steroid dienone is 1. The van der Waals surface area contributed by atoms with Crippen molar-refractivity contribution in [2.75, 3.05) is 0 Å². The van der Waals surface area contributed by atoms with Crippen molar-refractivity contribution in [1.29, 1.82) is 0 Å². The van der Waals surface area contributed by atoms with Gasteiger partial charge in [0.05, 0.1) is 6.10 Å². The molecular formula is C10H18O. The molecule has 0 aromatic heterocycles. The van der Waals surface area contributed by atoms with Gasteiger partial charge in [-0.1, -0.05) is 26.0 Å². The second kappa shape index (κ2) is 3.40. The van der Waals surface area contributed by atoms with Gasteiger partial charge in [-0.3, -0.25) is 0 Å². The predicted octanol–water partition coefficient (Wildman–Crippen LogP) is 2.50. The molecule has 1 N–H and O–H groups in total. The van der Waals surface area contributed by atoms with Gasteiger partial charge < -0.3 is 5.11 Å².